The molecule has 1 amide bonds. The van der Waals surface area contributed by atoms with E-state index in [9.17, 15) is 24.3 Å². The third kappa shape index (κ3) is 7.09. The van der Waals surface area contributed by atoms with Gasteiger partial charge in [0.25, 0.3) is 11.5 Å². The first-order chi connectivity index (χ1) is 17.5. The summed E-state index contributed by atoms with van der Waals surface area (Å²) >= 11 is 0. The number of aliphatic carboxylic acids is 1. The Morgan fingerprint density at radius 3 is 2.51 bits per heavy atom. The highest BCUT2D eigenvalue weighted by Gasteiger charge is 2.28. The Morgan fingerprint density at radius 2 is 1.86 bits per heavy atom. The summed E-state index contributed by atoms with van der Waals surface area (Å²) in [5, 5.41) is 15.1. The summed E-state index contributed by atoms with van der Waals surface area (Å²) in [6.45, 7) is 5.94. The van der Waals surface area contributed by atoms with E-state index in [1.165, 1.54) is 6.20 Å². The highest BCUT2D eigenvalue weighted by atomic mass is 16.4. The van der Waals surface area contributed by atoms with Crippen molar-refractivity contribution in [1.29, 1.82) is 0 Å². The average molecular weight is 510 g/mol. The molecule has 3 rings (SSSR count). The van der Waals surface area contributed by atoms with Crippen LogP contribution in [0.15, 0.2) is 35.3 Å². The summed E-state index contributed by atoms with van der Waals surface area (Å²) < 4.78 is 0. The molecule has 0 fully saturated rings. The number of carbonyl (C=O) groups excluding carboxylic acids is 2. The number of aromatic amines is 1. The number of rotatable bonds is 12. The van der Waals surface area contributed by atoms with E-state index in [1.807, 2.05) is 20.8 Å². The lowest BCUT2D eigenvalue weighted by Gasteiger charge is -2.23. The predicted molar refractivity (Wildman–Crippen MR) is 138 cm³/mol. The van der Waals surface area contributed by atoms with Crippen LogP contribution in [0, 0.1) is 5.41 Å². The van der Waals surface area contributed by atoms with E-state index < -0.39 is 28.9 Å². The fourth-order valence-electron chi connectivity index (χ4n) is 3.87. The number of carbonyl (C=O) groups is 3. The second-order valence-corrected chi connectivity index (χ2v) is 9.38. The molecule has 0 spiro atoms. The molecular formula is C25H31N7O5. The van der Waals surface area contributed by atoms with Gasteiger partial charge < -0.3 is 21.5 Å². The molecule has 2 aromatic heterocycles. The molecule has 2 heterocycles. The molecule has 0 saturated heterocycles. The average Bonchev–Trinajstić information content (AvgIpc) is 2.85. The molecule has 37 heavy (non-hydrogen) atoms. The van der Waals surface area contributed by atoms with Crippen molar-refractivity contribution in [2.24, 2.45) is 5.41 Å². The van der Waals surface area contributed by atoms with E-state index >= 15 is 0 Å². The number of carboxylic acids is 1. The predicted octanol–water partition coefficient (Wildman–Crippen LogP) is 2.27. The largest absolute Gasteiger partial charge is 0.480 e. The van der Waals surface area contributed by atoms with Crippen molar-refractivity contribution < 1.29 is 19.5 Å². The number of benzene rings is 1. The first-order valence-corrected chi connectivity index (χ1v) is 11.9. The molecule has 3 aromatic rings. The first-order valence-electron chi connectivity index (χ1n) is 11.9. The molecule has 0 radical (unpaired) electrons. The van der Waals surface area contributed by atoms with Crippen molar-refractivity contribution in [2.75, 3.05) is 11.1 Å². The monoisotopic (exact) mass is 509 g/mol. The SMILES string of the molecule is CCCC(C)(C)C(=O)CC[C@H](NC(=O)c1ccc(NCc2cnc3nc(N)[nH]c(=O)c3n2)cc1)C(=O)O. The van der Waals surface area contributed by atoms with Crippen molar-refractivity contribution in [1.82, 2.24) is 25.3 Å². The normalized spacial score (nSPS) is 12.2. The number of amides is 1. The van der Waals surface area contributed by atoms with Gasteiger partial charge in [-0.15, -0.1) is 0 Å². The number of H-pyrrole nitrogens is 1. The molecule has 0 aliphatic heterocycles. The van der Waals surface area contributed by atoms with E-state index in [-0.39, 0.29) is 47.8 Å². The van der Waals surface area contributed by atoms with Gasteiger partial charge in [-0.1, -0.05) is 27.2 Å². The van der Waals surface area contributed by atoms with Crippen molar-refractivity contribution in [3.8, 4) is 0 Å². The van der Waals surface area contributed by atoms with Crippen molar-refractivity contribution in [3.63, 3.8) is 0 Å². The minimum Gasteiger partial charge on any atom is -0.480 e. The van der Waals surface area contributed by atoms with Crippen LogP contribution < -0.4 is 21.9 Å². The molecular weight excluding hydrogens is 478 g/mol. The minimum atomic E-state index is -1.19. The Kier molecular flexibility index (Phi) is 8.53. The summed E-state index contributed by atoms with van der Waals surface area (Å²) in [5.74, 6) is -1.81. The number of hydrogen-bond donors (Lipinski definition) is 5. The van der Waals surface area contributed by atoms with Crippen LogP contribution in [0.3, 0.4) is 0 Å². The second kappa shape index (κ2) is 11.6. The second-order valence-electron chi connectivity index (χ2n) is 9.38. The summed E-state index contributed by atoms with van der Waals surface area (Å²) in [6.07, 6.45) is 3.13. The fraction of sp³-hybridized carbons (Fsp3) is 0.400. The van der Waals surface area contributed by atoms with Gasteiger partial charge in [0.05, 0.1) is 18.4 Å². The highest BCUT2D eigenvalue weighted by Crippen LogP contribution is 2.26. The maximum absolute atomic E-state index is 12.6. The minimum absolute atomic E-state index is 0.0183. The molecule has 0 unspecified atom stereocenters. The van der Waals surface area contributed by atoms with Crippen molar-refractivity contribution >= 4 is 40.5 Å². The summed E-state index contributed by atoms with van der Waals surface area (Å²) in [7, 11) is 0. The van der Waals surface area contributed by atoms with E-state index in [4.69, 9.17) is 5.73 Å². The van der Waals surface area contributed by atoms with Gasteiger partial charge in [0.15, 0.2) is 11.2 Å². The van der Waals surface area contributed by atoms with Crippen LogP contribution in [0.4, 0.5) is 11.6 Å². The number of carboxylic acid groups (broad SMARTS) is 1. The van der Waals surface area contributed by atoms with Crippen molar-refractivity contribution in [2.45, 2.75) is 59.0 Å². The molecule has 12 nitrogen and oxygen atoms in total. The number of ketones is 1. The number of hydrogen-bond acceptors (Lipinski definition) is 9. The number of aromatic nitrogens is 4. The summed E-state index contributed by atoms with van der Waals surface area (Å²) in [6, 6.07) is 5.24. The molecule has 1 aromatic carbocycles. The van der Waals surface area contributed by atoms with E-state index in [0.29, 0.717) is 17.8 Å². The van der Waals surface area contributed by atoms with Gasteiger partial charge in [0.2, 0.25) is 5.95 Å². The molecule has 1 atom stereocenters. The van der Waals surface area contributed by atoms with E-state index in [0.717, 1.165) is 6.42 Å². The number of fused-ring (bicyclic) bond motifs is 1. The number of Topliss-reactive ketones (excluding diaryl/α,β-unsaturated/α-hetero) is 1. The molecule has 0 bridgehead atoms. The van der Waals surface area contributed by atoms with Crippen LogP contribution >= 0.6 is 0 Å². The summed E-state index contributed by atoms with van der Waals surface area (Å²) in [4.78, 5) is 63.4. The van der Waals surface area contributed by atoms with Gasteiger partial charge in [-0.2, -0.15) is 4.98 Å². The van der Waals surface area contributed by atoms with Gasteiger partial charge >= 0.3 is 5.97 Å². The lowest BCUT2D eigenvalue weighted by atomic mass is 9.81. The molecule has 0 aliphatic rings. The summed E-state index contributed by atoms with van der Waals surface area (Å²) in [5.41, 5.74) is 6.15. The van der Waals surface area contributed by atoms with Crippen LogP contribution in [0.1, 0.15) is 62.5 Å². The maximum atomic E-state index is 12.6. The van der Waals surface area contributed by atoms with E-state index in [1.54, 1.807) is 24.3 Å². The smallest absolute Gasteiger partial charge is 0.326 e. The Balaban J connectivity index is 1.58. The molecule has 196 valence electrons. The zero-order valence-corrected chi connectivity index (χ0v) is 21.0. The topological polar surface area (TPSA) is 193 Å². The Morgan fingerprint density at radius 1 is 1.16 bits per heavy atom. The number of nitrogens with zero attached hydrogens (tertiary/aromatic N) is 3. The third-order valence-electron chi connectivity index (χ3n) is 6.00. The van der Waals surface area contributed by atoms with Crippen LogP contribution in [-0.4, -0.2) is 48.7 Å². The standard InChI is InChI=1S/C25H31N7O5/c1-4-11-25(2,3)18(33)10-9-17(23(36)37)30-21(34)14-5-7-15(8-6-14)27-12-16-13-28-20-19(29-16)22(35)32-24(26)31-20/h5-8,13,17,27H,4,9-12H2,1-3H3,(H,30,34)(H,36,37)(H3,26,28,31,32,35)/t17-/m0/s1. The Hall–Kier alpha value is -4.35. The number of nitrogens with two attached hydrogens (primary N) is 1. The molecule has 6 N–H and O–H groups in total. The van der Waals surface area contributed by atoms with Gasteiger partial charge in [-0.05, 0) is 37.1 Å². The van der Waals surface area contributed by atoms with E-state index in [2.05, 4.69) is 30.6 Å². The molecule has 0 aliphatic carbocycles. The Bertz CT molecular complexity index is 1350. The number of anilines is 2. The van der Waals surface area contributed by atoms with Crippen LogP contribution in [-0.2, 0) is 16.1 Å². The quantitative estimate of drug-likeness (QED) is 0.242. The zero-order chi connectivity index (χ0) is 27.2. The lowest BCUT2D eigenvalue weighted by molar-refractivity contribution is -0.139. The van der Waals surface area contributed by atoms with Gasteiger partial charge in [0, 0.05) is 23.1 Å². The highest BCUT2D eigenvalue weighted by molar-refractivity contribution is 5.97. The van der Waals surface area contributed by atoms with Crippen molar-refractivity contribution in [3.05, 3.63) is 52.1 Å². The molecule has 0 saturated carbocycles. The van der Waals surface area contributed by atoms with Gasteiger partial charge in [-0.25, -0.2) is 14.8 Å². The van der Waals surface area contributed by atoms with Crippen LogP contribution in [0.2, 0.25) is 0 Å². The lowest BCUT2D eigenvalue weighted by Crippen LogP contribution is -2.41. The van der Waals surface area contributed by atoms with Gasteiger partial charge in [0.1, 0.15) is 11.8 Å². The van der Waals surface area contributed by atoms with Crippen LogP contribution in [0.25, 0.3) is 11.2 Å². The fourth-order valence-corrected chi connectivity index (χ4v) is 3.87. The first kappa shape index (κ1) is 27.2. The molecule has 12 heteroatoms. The number of nitrogens with one attached hydrogen (secondary N) is 3. The maximum Gasteiger partial charge on any atom is 0.326 e. The Labute approximate surface area is 213 Å². The van der Waals surface area contributed by atoms with Crippen LogP contribution in [0.5, 0.6) is 0 Å². The zero-order valence-electron chi connectivity index (χ0n) is 21.0. The third-order valence-corrected chi connectivity index (χ3v) is 6.00. The van der Waals surface area contributed by atoms with Gasteiger partial charge in [-0.3, -0.25) is 19.4 Å². The number of nitrogen functional groups attached to an aromatic ring is 1.